The van der Waals surface area contributed by atoms with E-state index in [0.717, 1.165) is 0 Å². The van der Waals surface area contributed by atoms with Crippen LogP contribution in [0.1, 0.15) is 10.4 Å². The molecule has 1 atom stereocenters. The zero-order chi connectivity index (χ0) is 13.1. The molecule has 0 aliphatic rings. The van der Waals surface area contributed by atoms with Crippen LogP contribution >= 0.6 is 7.60 Å². The molecule has 1 rings (SSSR count). The van der Waals surface area contributed by atoms with Gasteiger partial charge in [-0.2, -0.15) is 0 Å². The summed E-state index contributed by atoms with van der Waals surface area (Å²) in [7, 11) is -4.94. The summed E-state index contributed by atoms with van der Waals surface area (Å²) >= 11 is 0. The second kappa shape index (κ2) is 5.09. The molecule has 8 heteroatoms. The van der Waals surface area contributed by atoms with Crippen molar-refractivity contribution in [3.8, 4) is 0 Å². The first-order chi connectivity index (χ1) is 7.82. The van der Waals surface area contributed by atoms with Crippen molar-refractivity contribution in [3.63, 3.8) is 0 Å². The summed E-state index contributed by atoms with van der Waals surface area (Å²) in [5, 5.41) is 10.4. The van der Waals surface area contributed by atoms with Crippen LogP contribution in [0.2, 0.25) is 0 Å². The highest BCUT2D eigenvalue weighted by molar-refractivity contribution is 7.53. The van der Waals surface area contributed by atoms with Gasteiger partial charge >= 0.3 is 13.6 Å². The van der Waals surface area contributed by atoms with Crippen LogP contribution in [0.4, 0.5) is 0 Å². The van der Waals surface area contributed by atoms with Crippen LogP contribution in [0.25, 0.3) is 0 Å². The maximum atomic E-state index is 11.5. The number of hydrogen-bond acceptors (Lipinski definition) is 3. The Hall–Kier alpha value is -1.69. The molecule has 0 aliphatic heterocycles. The Morgan fingerprint density at radius 2 is 1.71 bits per heavy atom. The Kier molecular flexibility index (Phi) is 4.01. The molecule has 7 nitrogen and oxygen atoms in total. The maximum absolute atomic E-state index is 11.5. The van der Waals surface area contributed by atoms with E-state index in [1.165, 1.54) is 12.1 Å². The molecule has 0 bridgehead atoms. The molecule has 4 N–H and O–H groups in total. The fourth-order valence-corrected chi connectivity index (χ4v) is 1.66. The van der Waals surface area contributed by atoms with Crippen molar-refractivity contribution in [2.45, 2.75) is 5.78 Å². The Balaban J connectivity index is 2.87. The number of carboxylic acids is 1. The lowest BCUT2D eigenvalue weighted by molar-refractivity contribution is -0.137. The van der Waals surface area contributed by atoms with E-state index in [9.17, 15) is 14.2 Å². The lowest BCUT2D eigenvalue weighted by Crippen LogP contribution is -2.40. The first-order valence-corrected chi connectivity index (χ1v) is 6.14. The van der Waals surface area contributed by atoms with E-state index in [4.69, 9.17) is 14.9 Å². The Morgan fingerprint density at radius 1 is 1.18 bits per heavy atom. The van der Waals surface area contributed by atoms with Crippen LogP contribution in [0.5, 0.6) is 0 Å². The van der Waals surface area contributed by atoms with Gasteiger partial charge in [0, 0.05) is 5.56 Å². The molecule has 92 valence electrons. The van der Waals surface area contributed by atoms with E-state index < -0.39 is 25.3 Å². The van der Waals surface area contributed by atoms with E-state index in [1.807, 2.05) is 0 Å². The minimum absolute atomic E-state index is 0.118. The van der Waals surface area contributed by atoms with Gasteiger partial charge in [0.15, 0.2) is 0 Å². The van der Waals surface area contributed by atoms with Gasteiger partial charge in [0.25, 0.3) is 5.91 Å². The van der Waals surface area contributed by atoms with Gasteiger partial charge in [-0.05, 0) is 12.1 Å². The summed E-state index contributed by atoms with van der Waals surface area (Å²) in [5.41, 5.74) is 0.118. The highest BCUT2D eigenvalue weighted by atomic mass is 31.2. The minimum Gasteiger partial charge on any atom is -0.479 e. The number of amides is 1. The zero-order valence-electron chi connectivity index (χ0n) is 8.48. The van der Waals surface area contributed by atoms with Crippen LogP contribution < -0.4 is 5.32 Å². The van der Waals surface area contributed by atoms with Crippen LogP contribution in [0, 0.1) is 0 Å². The highest BCUT2D eigenvalue weighted by Gasteiger charge is 2.37. The first kappa shape index (κ1) is 13.4. The highest BCUT2D eigenvalue weighted by Crippen LogP contribution is 2.39. The molecule has 0 heterocycles. The summed E-state index contributed by atoms with van der Waals surface area (Å²) in [6, 6.07) is 7.53. The van der Waals surface area contributed by atoms with E-state index >= 15 is 0 Å². The molecule has 1 unspecified atom stereocenters. The zero-order valence-corrected chi connectivity index (χ0v) is 9.37. The van der Waals surface area contributed by atoms with E-state index in [-0.39, 0.29) is 5.56 Å². The summed E-state index contributed by atoms with van der Waals surface area (Å²) < 4.78 is 10.8. The molecule has 1 aromatic rings. The molecule has 0 fully saturated rings. The summed E-state index contributed by atoms with van der Waals surface area (Å²) in [4.78, 5) is 39.6. The molecule has 0 spiro atoms. The summed E-state index contributed by atoms with van der Waals surface area (Å²) in [6.45, 7) is 0. The minimum atomic E-state index is -4.94. The SMILES string of the molecule is O=C(NC(C(=O)O)P(=O)(O)O)c1ccccc1. The molecule has 0 saturated heterocycles. The van der Waals surface area contributed by atoms with Crippen molar-refractivity contribution >= 4 is 19.5 Å². The molecule has 0 aliphatic carbocycles. The Morgan fingerprint density at radius 3 is 2.12 bits per heavy atom. The fraction of sp³-hybridized carbons (Fsp3) is 0.111. The van der Waals surface area contributed by atoms with Gasteiger partial charge in [-0.15, -0.1) is 0 Å². The molecular weight excluding hydrogens is 249 g/mol. The van der Waals surface area contributed by atoms with Crippen LogP contribution in [-0.2, 0) is 9.36 Å². The van der Waals surface area contributed by atoms with Crippen LogP contribution in [0.15, 0.2) is 30.3 Å². The Bertz CT molecular complexity index is 468. The standard InChI is InChI=1S/C9H10NO6P/c11-7(6-4-2-1-3-5-6)10-8(9(12)13)17(14,15)16/h1-5,8H,(H,10,11)(H,12,13)(H2,14,15,16). The van der Waals surface area contributed by atoms with Crippen molar-refractivity contribution in [1.29, 1.82) is 0 Å². The summed E-state index contributed by atoms with van der Waals surface area (Å²) in [6.07, 6.45) is 0. The van der Waals surface area contributed by atoms with Crippen molar-refractivity contribution in [3.05, 3.63) is 35.9 Å². The third kappa shape index (κ3) is 3.67. The molecule has 1 amide bonds. The van der Waals surface area contributed by atoms with Crippen molar-refractivity contribution in [2.24, 2.45) is 0 Å². The van der Waals surface area contributed by atoms with E-state index in [2.05, 4.69) is 0 Å². The van der Waals surface area contributed by atoms with Crippen molar-refractivity contribution < 1.29 is 29.0 Å². The predicted octanol–water partition coefficient (Wildman–Crippen LogP) is 0.00480. The fourth-order valence-electron chi connectivity index (χ4n) is 1.09. The lowest BCUT2D eigenvalue weighted by atomic mass is 10.2. The molecule has 0 aromatic heterocycles. The number of carbonyl (C=O) groups is 2. The topological polar surface area (TPSA) is 124 Å². The van der Waals surface area contributed by atoms with Crippen LogP contribution in [0.3, 0.4) is 0 Å². The third-order valence-electron chi connectivity index (χ3n) is 1.87. The predicted molar refractivity (Wildman–Crippen MR) is 57.4 cm³/mol. The van der Waals surface area contributed by atoms with Crippen molar-refractivity contribution in [1.82, 2.24) is 5.32 Å². The number of nitrogens with one attached hydrogen (secondary N) is 1. The van der Waals surface area contributed by atoms with Crippen molar-refractivity contribution in [2.75, 3.05) is 0 Å². The lowest BCUT2D eigenvalue weighted by Gasteiger charge is -2.15. The quantitative estimate of drug-likeness (QED) is 0.564. The van der Waals surface area contributed by atoms with E-state index in [1.54, 1.807) is 23.5 Å². The smallest absolute Gasteiger partial charge is 0.359 e. The number of hydrogen-bond donors (Lipinski definition) is 4. The first-order valence-electron chi connectivity index (χ1n) is 4.46. The number of benzene rings is 1. The number of aliphatic carboxylic acids is 1. The monoisotopic (exact) mass is 259 g/mol. The van der Waals surface area contributed by atoms with Gasteiger partial charge in [-0.1, -0.05) is 18.2 Å². The van der Waals surface area contributed by atoms with Gasteiger partial charge < -0.3 is 20.2 Å². The second-order valence-electron chi connectivity index (χ2n) is 3.17. The number of carbonyl (C=O) groups excluding carboxylic acids is 1. The molecular formula is C9H10NO6P. The number of carboxylic acid groups (broad SMARTS) is 1. The average Bonchev–Trinajstić information content (AvgIpc) is 2.24. The third-order valence-corrected chi connectivity index (χ3v) is 2.90. The molecule has 0 saturated carbocycles. The Labute approximate surface area is 96.2 Å². The largest absolute Gasteiger partial charge is 0.479 e. The molecule has 1 aromatic carbocycles. The number of rotatable bonds is 4. The summed E-state index contributed by atoms with van der Waals surface area (Å²) in [5.74, 6) is -4.89. The maximum Gasteiger partial charge on any atom is 0.359 e. The van der Waals surface area contributed by atoms with Gasteiger partial charge in [-0.3, -0.25) is 9.36 Å². The van der Waals surface area contributed by atoms with E-state index in [0.29, 0.717) is 0 Å². The molecule has 0 radical (unpaired) electrons. The van der Waals surface area contributed by atoms with Gasteiger partial charge in [0.2, 0.25) is 5.78 Å². The molecule has 17 heavy (non-hydrogen) atoms. The normalized spacial score (nSPS) is 12.8. The van der Waals surface area contributed by atoms with Gasteiger partial charge in [0.05, 0.1) is 0 Å². The van der Waals surface area contributed by atoms with Crippen LogP contribution in [-0.4, -0.2) is 32.6 Å². The second-order valence-corrected chi connectivity index (χ2v) is 4.86. The average molecular weight is 259 g/mol. The van der Waals surface area contributed by atoms with Gasteiger partial charge in [-0.25, -0.2) is 4.79 Å². The van der Waals surface area contributed by atoms with Gasteiger partial charge in [0.1, 0.15) is 0 Å².